The number of nitrogen functional groups attached to an aromatic ring is 1. The molecule has 0 saturated carbocycles. The number of benzene rings is 1. The summed E-state index contributed by atoms with van der Waals surface area (Å²) in [7, 11) is 1.26. The van der Waals surface area contributed by atoms with Gasteiger partial charge < -0.3 is 15.2 Å². The van der Waals surface area contributed by atoms with E-state index in [1.165, 1.54) is 19.4 Å². The van der Waals surface area contributed by atoms with Gasteiger partial charge in [0.2, 0.25) is 5.88 Å². The molecule has 0 aliphatic carbocycles. The largest absolute Gasteiger partial charge is 0.465 e. The SMILES string of the molecule is COC(=O)c1ccnc(Oc2cccc(C#N)c2)c1N. The van der Waals surface area contributed by atoms with Gasteiger partial charge in [-0.1, -0.05) is 6.07 Å². The van der Waals surface area contributed by atoms with Gasteiger partial charge in [-0.05, 0) is 24.3 Å². The first-order chi connectivity index (χ1) is 9.65. The molecule has 100 valence electrons. The predicted molar refractivity (Wildman–Crippen MR) is 71.2 cm³/mol. The molecular weight excluding hydrogens is 258 g/mol. The van der Waals surface area contributed by atoms with E-state index in [0.29, 0.717) is 11.3 Å². The molecule has 20 heavy (non-hydrogen) atoms. The Bertz CT molecular complexity index is 692. The molecular formula is C14H11N3O3. The predicted octanol–water partition coefficient (Wildman–Crippen LogP) is 2.11. The lowest BCUT2D eigenvalue weighted by Crippen LogP contribution is -2.07. The van der Waals surface area contributed by atoms with Gasteiger partial charge in [-0.25, -0.2) is 9.78 Å². The smallest absolute Gasteiger partial charge is 0.340 e. The van der Waals surface area contributed by atoms with E-state index in [1.807, 2.05) is 6.07 Å². The molecule has 0 amide bonds. The van der Waals surface area contributed by atoms with Crippen molar-refractivity contribution in [2.24, 2.45) is 0 Å². The summed E-state index contributed by atoms with van der Waals surface area (Å²) in [6, 6.07) is 9.97. The van der Waals surface area contributed by atoms with Crippen LogP contribution in [0.25, 0.3) is 0 Å². The maximum absolute atomic E-state index is 11.5. The van der Waals surface area contributed by atoms with Gasteiger partial charge in [0.1, 0.15) is 11.4 Å². The molecule has 1 aromatic carbocycles. The molecule has 2 aromatic rings. The third kappa shape index (κ3) is 2.67. The lowest BCUT2D eigenvalue weighted by Gasteiger charge is -2.09. The first-order valence-electron chi connectivity index (χ1n) is 5.66. The monoisotopic (exact) mass is 269 g/mol. The number of aromatic nitrogens is 1. The number of rotatable bonds is 3. The second-order valence-corrected chi connectivity index (χ2v) is 3.81. The van der Waals surface area contributed by atoms with E-state index in [9.17, 15) is 4.79 Å². The molecule has 0 bridgehead atoms. The number of carbonyl (C=O) groups excluding carboxylic acids is 1. The van der Waals surface area contributed by atoms with Crippen LogP contribution in [0.4, 0.5) is 5.69 Å². The van der Waals surface area contributed by atoms with Crippen LogP contribution in [0.15, 0.2) is 36.5 Å². The summed E-state index contributed by atoms with van der Waals surface area (Å²) in [6.07, 6.45) is 1.39. The van der Waals surface area contributed by atoms with Crippen molar-refractivity contribution in [3.05, 3.63) is 47.7 Å². The van der Waals surface area contributed by atoms with Crippen LogP contribution in [0, 0.1) is 11.3 Å². The summed E-state index contributed by atoms with van der Waals surface area (Å²) in [5.74, 6) is -0.0752. The van der Waals surface area contributed by atoms with Crippen molar-refractivity contribution >= 4 is 11.7 Å². The molecule has 1 aromatic heterocycles. The van der Waals surface area contributed by atoms with Crippen molar-refractivity contribution in [3.8, 4) is 17.7 Å². The van der Waals surface area contributed by atoms with Gasteiger partial charge in [-0.15, -0.1) is 0 Å². The first-order valence-corrected chi connectivity index (χ1v) is 5.66. The van der Waals surface area contributed by atoms with E-state index in [-0.39, 0.29) is 17.1 Å². The summed E-state index contributed by atoms with van der Waals surface area (Å²) >= 11 is 0. The van der Waals surface area contributed by atoms with Gasteiger partial charge in [0.25, 0.3) is 0 Å². The van der Waals surface area contributed by atoms with Crippen molar-refractivity contribution in [1.82, 2.24) is 4.98 Å². The van der Waals surface area contributed by atoms with Crippen molar-refractivity contribution < 1.29 is 14.3 Å². The molecule has 0 unspecified atom stereocenters. The van der Waals surface area contributed by atoms with Crippen LogP contribution in [0.1, 0.15) is 15.9 Å². The van der Waals surface area contributed by atoms with Gasteiger partial charge >= 0.3 is 5.97 Å². The van der Waals surface area contributed by atoms with Crippen molar-refractivity contribution in [3.63, 3.8) is 0 Å². The van der Waals surface area contributed by atoms with Crippen LogP contribution in [0.3, 0.4) is 0 Å². The summed E-state index contributed by atoms with van der Waals surface area (Å²) < 4.78 is 10.1. The fourth-order valence-electron chi connectivity index (χ4n) is 1.56. The minimum Gasteiger partial charge on any atom is -0.465 e. The molecule has 0 fully saturated rings. The highest BCUT2D eigenvalue weighted by atomic mass is 16.5. The molecule has 0 aliphatic heterocycles. The van der Waals surface area contributed by atoms with E-state index in [4.69, 9.17) is 15.7 Å². The van der Waals surface area contributed by atoms with Gasteiger partial charge in [0, 0.05) is 6.20 Å². The van der Waals surface area contributed by atoms with Crippen molar-refractivity contribution in [2.75, 3.05) is 12.8 Å². The molecule has 0 saturated heterocycles. The number of ether oxygens (including phenoxy) is 2. The number of nitriles is 1. The van der Waals surface area contributed by atoms with Crippen molar-refractivity contribution in [1.29, 1.82) is 5.26 Å². The van der Waals surface area contributed by atoms with E-state index in [1.54, 1.807) is 24.3 Å². The van der Waals surface area contributed by atoms with Crippen LogP contribution in [-0.4, -0.2) is 18.1 Å². The summed E-state index contributed by atoms with van der Waals surface area (Å²) in [5.41, 5.74) is 6.53. The van der Waals surface area contributed by atoms with Crippen LogP contribution in [-0.2, 0) is 4.74 Å². The topological polar surface area (TPSA) is 98.2 Å². The highest BCUT2D eigenvalue weighted by Gasteiger charge is 2.15. The zero-order chi connectivity index (χ0) is 14.5. The number of esters is 1. The van der Waals surface area contributed by atoms with Crippen LogP contribution < -0.4 is 10.5 Å². The van der Waals surface area contributed by atoms with E-state index in [2.05, 4.69) is 9.72 Å². The average Bonchev–Trinajstić information content (AvgIpc) is 2.49. The van der Waals surface area contributed by atoms with Crippen molar-refractivity contribution in [2.45, 2.75) is 0 Å². The van der Waals surface area contributed by atoms with Gasteiger partial charge in [-0.3, -0.25) is 0 Å². The van der Waals surface area contributed by atoms with E-state index < -0.39 is 5.97 Å². The molecule has 0 aliphatic rings. The normalized spacial score (nSPS) is 9.60. The minimum atomic E-state index is -0.569. The number of nitrogens with zero attached hydrogens (tertiary/aromatic N) is 2. The number of nitrogens with two attached hydrogens (primary N) is 1. The molecule has 0 radical (unpaired) electrons. The average molecular weight is 269 g/mol. The van der Waals surface area contributed by atoms with Gasteiger partial charge in [0.05, 0.1) is 24.3 Å². The highest BCUT2D eigenvalue weighted by Crippen LogP contribution is 2.28. The lowest BCUT2D eigenvalue weighted by atomic mass is 10.2. The van der Waals surface area contributed by atoms with E-state index in [0.717, 1.165) is 0 Å². The number of pyridine rings is 1. The Morgan fingerprint density at radius 1 is 1.40 bits per heavy atom. The molecule has 1 heterocycles. The van der Waals surface area contributed by atoms with Crippen LogP contribution >= 0.6 is 0 Å². The maximum Gasteiger partial charge on any atom is 0.340 e. The molecule has 6 nitrogen and oxygen atoms in total. The third-order valence-electron chi connectivity index (χ3n) is 2.54. The maximum atomic E-state index is 11.5. The van der Waals surface area contributed by atoms with Crippen LogP contribution in [0.5, 0.6) is 11.6 Å². The number of carbonyl (C=O) groups is 1. The fraction of sp³-hybridized carbons (Fsp3) is 0.0714. The Balaban J connectivity index is 2.34. The minimum absolute atomic E-state index is 0.0849. The lowest BCUT2D eigenvalue weighted by molar-refractivity contribution is 0.0601. The molecule has 0 atom stereocenters. The zero-order valence-electron chi connectivity index (χ0n) is 10.7. The molecule has 6 heteroatoms. The molecule has 0 spiro atoms. The number of hydrogen-bond donors (Lipinski definition) is 1. The zero-order valence-corrected chi connectivity index (χ0v) is 10.7. The van der Waals surface area contributed by atoms with Gasteiger partial charge in [-0.2, -0.15) is 5.26 Å². The molecule has 2 N–H and O–H groups in total. The summed E-state index contributed by atoms with van der Waals surface area (Å²) in [4.78, 5) is 15.5. The summed E-state index contributed by atoms with van der Waals surface area (Å²) in [6.45, 7) is 0. The second kappa shape index (κ2) is 5.71. The Labute approximate surface area is 115 Å². The quantitative estimate of drug-likeness (QED) is 0.857. The first kappa shape index (κ1) is 13.4. The number of hydrogen-bond acceptors (Lipinski definition) is 6. The highest BCUT2D eigenvalue weighted by molar-refractivity contribution is 5.96. The van der Waals surface area contributed by atoms with Gasteiger partial charge in [0.15, 0.2) is 0 Å². The van der Waals surface area contributed by atoms with Crippen LogP contribution in [0.2, 0.25) is 0 Å². The second-order valence-electron chi connectivity index (χ2n) is 3.81. The standard InChI is InChI=1S/C14H11N3O3/c1-19-14(18)11-5-6-17-13(12(11)16)20-10-4-2-3-9(7-10)8-15/h2-7H,16H2,1H3. The number of anilines is 1. The Hall–Kier alpha value is -3.07. The molecule has 2 rings (SSSR count). The third-order valence-corrected chi connectivity index (χ3v) is 2.54. The van der Waals surface area contributed by atoms with E-state index >= 15 is 0 Å². The Morgan fingerprint density at radius 2 is 2.20 bits per heavy atom. The fourth-order valence-corrected chi connectivity index (χ4v) is 1.56. The summed E-state index contributed by atoms with van der Waals surface area (Å²) in [5, 5.41) is 8.82. The Morgan fingerprint density at radius 3 is 2.90 bits per heavy atom. The Kier molecular flexibility index (Phi) is 3.82. The number of methoxy groups -OCH3 is 1.